The Balaban J connectivity index is 2.44. The summed E-state index contributed by atoms with van der Waals surface area (Å²) in [6, 6.07) is 2.08. The molecule has 0 aliphatic rings. The number of aliphatic hydroxyl groups excluding tert-OH is 1. The molecule has 2 N–H and O–H groups in total. The number of hydrogen-bond donors (Lipinski definition) is 2. The number of methoxy groups -OCH3 is 1. The maximum atomic E-state index is 8.80. The summed E-state index contributed by atoms with van der Waals surface area (Å²) in [6.07, 6.45) is 0. The van der Waals surface area contributed by atoms with Crippen LogP contribution < -0.4 is 10.1 Å². The maximum absolute atomic E-state index is 8.80. The van der Waals surface area contributed by atoms with Gasteiger partial charge in [-0.15, -0.1) is 11.3 Å². The van der Waals surface area contributed by atoms with Crippen LogP contribution in [0, 0.1) is 0 Å². The summed E-state index contributed by atoms with van der Waals surface area (Å²) in [5.41, 5.74) is 0. The van der Waals surface area contributed by atoms with Gasteiger partial charge in [0.05, 0.1) is 18.6 Å². The minimum Gasteiger partial charge on any atom is -0.496 e. The fourth-order valence-electron chi connectivity index (χ4n) is 0.971. The molecule has 1 atom stereocenters. The molecule has 74 valence electrons. The van der Waals surface area contributed by atoms with Crippen molar-refractivity contribution in [1.29, 1.82) is 0 Å². The first kappa shape index (κ1) is 10.5. The van der Waals surface area contributed by atoms with E-state index in [2.05, 4.69) is 5.32 Å². The van der Waals surface area contributed by atoms with E-state index in [0.717, 1.165) is 12.3 Å². The van der Waals surface area contributed by atoms with Gasteiger partial charge in [0.15, 0.2) is 0 Å². The van der Waals surface area contributed by atoms with E-state index in [4.69, 9.17) is 9.84 Å². The molecule has 0 radical (unpaired) electrons. The van der Waals surface area contributed by atoms with Crippen molar-refractivity contribution in [2.75, 3.05) is 13.7 Å². The molecule has 0 fully saturated rings. The zero-order valence-corrected chi connectivity index (χ0v) is 8.73. The highest BCUT2D eigenvalue weighted by molar-refractivity contribution is 7.10. The number of rotatable bonds is 5. The number of thiophene rings is 1. The van der Waals surface area contributed by atoms with Crippen molar-refractivity contribution in [3.8, 4) is 5.75 Å². The van der Waals surface area contributed by atoms with E-state index in [1.54, 1.807) is 18.4 Å². The van der Waals surface area contributed by atoms with Gasteiger partial charge in [0.2, 0.25) is 0 Å². The van der Waals surface area contributed by atoms with Gasteiger partial charge in [0.25, 0.3) is 0 Å². The van der Waals surface area contributed by atoms with Crippen molar-refractivity contribution >= 4 is 11.3 Å². The van der Waals surface area contributed by atoms with E-state index >= 15 is 0 Å². The minimum absolute atomic E-state index is 0.131. The van der Waals surface area contributed by atoms with Crippen LogP contribution in [0.4, 0.5) is 0 Å². The molecule has 1 rings (SSSR count). The van der Waals surface area contributed by atoms with Gasteiger partial charge in [-0.2, -0.15) is 0 Å². The summed E-state index contributed by atoms with van der Waals surface area (Å²) in [5.74, 6) is 0.919. The topological polar surface area (TPSA) is 41.5 Å². The normalized spacial score (nSPS) is 12.8. The number of nitrogens with one attached hydrogen (secondary N) is 1. The van der Waals surface area contributed by atoms with Crippen molar-refractivity contribution < 1.29 is 9.84 Å². The van der Waals surface area contributed by atoms with Crippen LogP contribution in [-0.2, 0) is 6.54 Å². The fraction of sp³-hybridized carbons (Fsp3) is 0.556. The molecule has 0 saturated carbocycles. The van der Waals surface area contributed by atoms with Gasteiger partial charge < -0.3 is 15.2 Å². The molecule has 3 nitrogen and oxygen atoms in total. The molecule has 0 aliphatic carbocycles. The van der Waals surface area contributed by atoms with Crippen LogP contribution in [0.25, 0.3) is 0 Å². The second kappa shape index (κ2) is 5.21. The predicted octanol–water partition coefficient (Wildman–Crippen LogP) is 1.23. The molecule has 0 spiro atoms. The van der Waals surface area contributed by atoms with E-state index in [9.17, 15) is 0 Å². The number of hydrogen-bond acceptors (Lipinski definition) is 4. The lowest BCUT2D eigenvalue weighted by molar-refractivity contribution is 0.251. The molecule has 13 heavy (non-hydrogen) atoms. The summed E-state index contributed by atoms with van der Waals surface area (Å²) in [7, 11) is 1.67. The molecule has 0 unspecified atom stereocenters. The van der Waals surface area contributed by atoms with Crippen LogP contribution in [0.5, 0.6) is 5.75 Å². The second-order valence-electron chi connectivity index (χ2n) is 2.88. The monoisotopic (exact) mass is 201 g/mol. The second-order valence-corrected chi connectivity index (χ2v) is 3.88. The van der Waals surface area contributed by atoms with Gasteiger partial charge in [0, 0.05) is 12.6 Å². The molecule has 0 aromatic carbocycles. The molecule has 4 heteroatoms. The van der Waals surface area contributed by atoms with Crippen LogP contribution in [0.2, 0.25) is 0 Å². The van der Waals surface area contributed by atoms with Crippen LogP contribution in [0.15, 0.2) is 11.4 Å². The van der Waals surface area contributed by atoms with Crippen molar-refractivity contribution in [3.05, 3.63) is 16.3 Å². The lowest BCUT2D eigenvalue weighted by Crippen LogP contribution is -2.28. The fourth-order valence-corrected chi connectivity index (χ4v) is 1.76. The zero-order valence-electron chi connectivity index (χ0n) is 7.91. The first-order valence-electron chi connectivity index (χ1n) is 4.22. The van der Waals surface area contributed by atoms with Crippen LogP contribution in [-0.4, -0.2) is 24.9 Å². The molecular weight excluding hydrogens is 186 g/mol. The molecule has 0 amide bonds. The van der Waals surface area contributed by atoms with Gasteiger partial charge >= 0.3 is 0 Å². The van der Waals surface area contributed by atoms with Crippen molar-refractivity contribution in [2.24, 2.45) is 0 Å². The average molecular weight is 201 g/mol. The van der Waals surface area contributed by atoms with Crippen molar-refractivity contribution in [1.82, 2.24) is 5.32 Å². The third-order valence-electron chi connectivity index (χ3n) is 1.81. The predicted molar refractivity (Wildman–Crippen MR) is 54.3 cm³/mol. The maximum Gasteiger partial charge on any atom is 0.134 e. The minimum atomic E-state index is 0.131. The first-order valence-corrected chi connectivity index (χ1v) is 5.10. The van der Waals surface area contributed by atoms with Crippen LogP contribution in [0.1, 0.15) is 11.8 Å². The number of aliphatic hydroxyl groups is 1. The molecule has 1 aromatic heterocycles. The molecule has 0 saturated heterocycles. The van der Waals surface area contributed by atoms with E-state index in [0.29, 0.717) is 0 Å². The van der Waals surface area contributed by atoms with Gasteiger partial charge in [-0.3, -0.25) is 0 Å². The Labute approximate surface area is 82.4 Å². The summed E-state index contributed by atoms with van der Waals surface area (Å²) < 4.78 is 5.16. The Morgan fingerprint density at radius 1 is 1.69 bits per heavy atom. The molecule has 0 bridgehead atoms. The molecule has 0 aliphatic heterocycles. The largest absolute Gasteiger partial charge is 0.496 e. The van der Waals surface area contributed by atoms with E-state index in [-0.39, 0.29) is 12.6 Å². The average Bonchev–Trinajstić information content (AvgIpc) is 2.61. The highest BCUT2D eigenvalue weighted by Gasteiger charge is 2.05. The summed E-state index contributed by atoms with van der Waals surface area (Å²) in [5, 5.41) is 14.0. The van der Waals surface area contributed by atoms with Crippen molar-refractivity contribution in [3.63, 3.8) is 0 Å². The van der Waals surface area contributed by atoms with E-state index in [1.807, 2.05) is 18.4 Å². The van der Waals surface area contributed by atoms with Crippen molar-refractivity contribution in [2.45, 2.75) is 19.5 Å². The van der Waals surface area contributed by atoms with Gasteiger partial charge in [-0.1, -0.05) is 0 Å². The molecular formula is C9H15NO2S. The summed E-state index contributed by atoms with van der Waals surface area (Å²) in [4.78, 5) is 1.17. The number of ether oxygens (including phenoxy) is 1. The SMILES string of the molecule is COc1ccsc1CN[C@@H](C)CO. The summed E-state index contributed by atoms with van der Waals surface area (Å²) in [6.45, 7) is 2.86. The van der Waals surface area contributed by atoms with Gasteiger partial charge in [-0.25, -0.2) is 0 Å². The smallest absolute Gasteiger partial charge is 0.134 e. The van der Waals surface area contributed by atoms with Gasteiger partial charge in [-0.05, 0) is 18.4 Å². The zero-order chi connectivity index (χ0) is 9.68. The standard InChI is InChI=1S/C9H15NO2S/c1-7(6-11)10-5-9-8(12-2)3-4-13-9/h3-4,7,10-11H,5-6H2,1-2H3/t7-/m0/s1. The quantitative estimate of drug-likeness (QED) is 0.753. The third kappa shape index (κ3) is 2.99. The van der Waals surface area contributed by atoms with Crippen LogP contribution >= 0.6 is 11.3 Å². The lowest BCUT2D eigenvalue weighted by Gasteiger charge is -2.10. The van der Waals surface area contributed by atoms with E-state index in [1.165, 1.54) is 4.88 Å². The van der Waals surface area contributed by atoms with Gasteiger partial charge in [0.1, 0.15) is 5.75 Å². The Bertz CT molecular complexity index is 250. The Morgan fingerprint density at radius 3 is 3.08 bits per heavy atom. The van der Waals surface area contributed by atoms with E-state index < -0.39 is 0 Å². The third-order valence-corrected chi connectivity index (χ3v) is 2.71. The lowest BCUT2D eigenvalue weighted by atomic mass is 10.3. The Morgan fingerprint density at radius 2 is 2.46 bits per heavy atom. The van der Waals surface area contributed by atoms with Crippen LogP contribution in [0.3, 0.4) is 0 Å². The summed E-state index contributed by atoms with van der Waals surface area (Å²) >= 11 is 1.66. The highest BCUT2D eigenvalue weighted by atomic mass is 32.1. The highest BCUT2D eigenvalue weighted by Crippen LogP contribution is 2.23. The Kier molecular flexibility index (Phi) is 4.21. The Hall–Kier alpha value is -0.580. The molecule has 1 aromatic rings. The molecule has 1 heterocycles. The first-order chi connectivity index (χ1) is 6.27.